The molecule has 0 aliphatic carbocycles. The summed E-state index contributed by atoms with van der Waals surface area (Å²) >= 11 is 0. The van der Waals surface area contributed by atoms with Gasteiger partial charge in [0.25, 0.3) is 5.78 Å². The van der Waals surface area contributed by atoms with Crippen molar-refractivity contribution in [3.63, 3.8) is 0 Å². The van der Waals surface area contributed by atoms with Gasteiger partial charge in [0.2, 0.25) is 0 Å². The standard InChI is InChI=1S/C18H16O6/c1-23-16-8-7-13(14(19)10-15(20)18(21)22)9-17(16)24-11-12-5-3-2-4-6-12/h2-10,19H,11H2,1H3,(H,21,22). The number of rotatable bonds is 7. The van der Waals surface area contributed by atoms with Crippen LogP contribution in [0, 0.1) is 0 Å². The smallest absolute Gasteiger partial charge is 0.376 e. The minimum atomic E-state index is -1.64. The first kappa shape index (κ1) is 17.1. The molecular formula is C18H16O6. The lowest BCUT2D eigenvalue weighted by atomic mass is 10.1. The van der Waals surface area contributed by atoms with Crippen molar-refractivity contribution in [3.05, 3.63) is 65.7 Å². The predicted molar refractivity (Wildman–Crippen MR) is 87.0 cm³/mol. The van der Waals surface area contributed by atoms with E-state index < -0.39 is 17.5 Å². The third kappa shape index (κ3) is 4.36. The highest BCUT2D eigenvalue weighted by Gasteiger charge is 2.13. The molecule has 0 unspecified atom stereocenters. The highest BCUT2D eigenvalue weighted by Crippen LogP contribution is 2.30. The van der Waals surface area contributed by atoms with Crippen molar-refractivity contribution in [1.82, 2.24) is 0 Å². The number of hydrogen-bond acceptors (Lipinski definition) is 5. The highest BCUT2D eigenvalue weighted by molar-refractivity contribution is 6.38. The zero-order valence-electron chi connectivity index (χ0n) is 12.9. The molecule has 0 saturated carbocycles. The predicted octanol–water partition coefficient (Wildman–Crippen LogP) is 2.83. The monoisotopic (exact) mass is 328 g/mol. The van der Waals surface area contributed by atoms with Crippen molar-refractivity contribution in [2.24, 2.45) is 0 Å². The van der Waals surface area contributed by atoms with Gasteiger partial charge in [-0.2, -0.15) is 0 Å². The Labute approximate surface area is 138 Å². The molecule has 2 rings (SSSR count). The van der Waals surface area contributed by atoms with Crippen LogP contribution >= 0.6 is 0 Å². The molecule has 0 atom stereocenters. The Morgan fingerprint density at radius 1 is 1.04 bits per heavy atom. The molecule has 24 heavy (non-hydrogen) atoms. The number of methoxy groups -OCH3 is 1. The van der Waals surface area contributed by atoms with E-state index in [1.54, 1.807) is 6.07 Å². The summed E-state index contributed by atoms with van der Waals surface area (Å²) in [6, 6.07) is 14.0. The maximum atomic E-state index is 11.2. The fourth-order valence-corrected chi connectivity index (χ4v) is 1.95. The van der Waals surface area contributed by atoms with Gasteiger partial charge in [-0.3, -0.25) is 4.79 Å². The third-order valence-corrected chi connectivity index (χ3v) is 3.18. The summed E-state index contributed by atoms with van der Waals surface area (Å²) in [5, 5.41) is 18.5. The van der Waals surface area contributed by atoms with E-state index in [-0.39, 0.29) is 5.56 Å². The summed E-state index contributed by atoms with van der Waals surface area (Å²) in [5.74, 6) is -2.51. The fourth-order valence-electron chi connectivity index (χ4n) is 1.95. The van der Waals surface area contributed by atoms with Crippen molar-refractivity contribution in [2.45, 2.75) is 6.61 Å². The maximum Gasteiger partial charge on any atom is 0.376 e. The summed E-state index contributed by atoms with van der Waals surface area (Å²) in [6.45, 7) is 0.291. The molecule has 0 heterocycles. The van der Waals surface area contributed by atoms with Crippen molar-refractivity contribution in [2.75, 3.05) is 7.11 Å². The number of carbonyl (C=O) groups is 2. The second-order valence-corrected chi connectivity index (χ2v) is 4.84. The molecule has 0 fully saturated rings. The highest BCUT2D eigenvalue weighted by atomic mass is 16.5. The van der Waals surface area contributed by atoms with Gasteiger partial charge in [0.1, 0.15) is 12.4 Å². The first-order chi connectivity index (χ1) is 11.5. The van der Waals surface area contributed by atoms with Gasteiger partial charge >= 0.3 is 5.97 Å². The number of benzene rings is 2. The number of carboxylic acid groups (broad SMARTS) is 1. The lowest BCUT2D eigenvalue weighted by molar-refractivity contribution is -0.146. The molecule has 2 aromatic rings. The van der Waals surface area contributed by atoms with Crippen LogP contribution in [0.25, 0.3) is 5.76 Å². The Bertz CT molecular complexity index is 764. The summed E-state index contributed by atoms with van der Waals surface area (Å²) in [5.41, 5.74) is 1.19. The Hall–Kier alpha value is -3.28. The molecule has 2 aromatic carbocycles. The van der Waals surface area contributed by atoms with Gasteiger partial charge in [-0.15, -0.1) is 0 Å². The van der Waals surface area contributed by atoms with Gasteiger partial charge in [-0.25, -0.2) is 4.79 Å². The molecule has 124 valence electrons. The van der Waals surface area contributed by atoms with Crippen LogP contribution in [0.15, 0.2) is 54.6 Å². The lowest BCUT2D eigenvalue weighted by Gasteiger charge is -2.12. The Morgan fingerprint density at radius 3 is 2.38 bits per heavy atom. The van der Waals surface area contributed by atoms with Gasteiger partial charge in [0.15, 0.2) is 11.5 Å². The molecule has 0 radical (unpaired) electrons. The van der Waals surface area contributed by atoms with Crippen LogP contribution in [0.5, 0.6) is 11.5 Å². The van der Waals surface area contributed by atoms with Crippen LogP contribution in [-0.4, -0.2) is 29.1 Å². The van der Waals surface area contributed by atoms with Crippen LogP contribution < -0.4 is 9.47 Å². The SMILES string of the molecule is COc1ccc(C(O)=CC(=O)C(=O)O)cc1OCc1ccccc1. The van der Waals surface area contributed by atoms with Crippen LogP contribution in [0.4, 0.5) is 0 Å². The maximum absolute atomic E-state index is 11.2. The zero-order chi connectivity index (χ0) is 17.5. The van der Waals surface area contributed by atoms with Gasteiger partial charge in [-0.1, -0.05) is 30.3 Å². The van der Waals surface area contributed by atoms with E-state index in [2.05, 4.69) is 0 Å². The number of ketones is 1. The number of aliphatic hydroxyl groups is 1. The fraction of sp³-hybridized carbons (Fsp3) is 0.111. The van der Waals surface area contributed by atoms with Gasteiger partial charge < -0.3 is 19.7 Å². The van der Waals surface area contributed by atoms with E-state index in [4.69, 9.17) is 14.6 Å². The number of aliphatic hydroxyl groups excluding tert-OH is 1. The summed E-state index contributed by atoms with van der Waals surface area (Å²) in [6.07, 6.45) is 0.644. The zero-order valence-corrected chi connectivity index (χ0v) is 12.9. The summed E-state index contributed by atoms with van der Waals surface area (Å²) in [4.78, 5) is 21.7. The Kier molecular flexibility index (Phi) is 5.57. The Morgan fingerprint density at radius 2 is 1.75 bits per heavy atom. The van der Waals surface area contributed by atoms with Crippen molar-refractivity contribution >= 4 is 17.5 Å². The number of hydrogen-bond donors (Lipinski definition) is 2. The number of carboxylic acids is 1. The molecular weight excluding hydrogens is 312 g/mol. The number of aliphatic carboxylic acids is 1. The lowest BCUT2D eigenvalue weighted by Crippen LogP contribution is -2.09. The van der Waals surface area contributed by atoms with Crippen LogP contribution in [0.3, 0.4) is 0 Å². The average Bonchev–Trinajstić information content (AvgIpc) is 2.60. The normalized spacial score (nSPS) is 11.0. The van der Waals surface area contributed by atoms with E-state index in [9.17, 15) is 14.7 Å². The van der Waals surface area contributed by atoms with Gasteiger partial charge in [0.05, 0.1) is 7.11 Å². The largest absolute Gasteiger partial charge is 0.507 e. The minimum absolute atomic E-state index is 0.244. The number of carbonyl (C=O) groups excluding carboxylic acids is 1. The van der Waals surface area contributed by atoms with E-state index in [1.807, 2.05) is 30.3 Å². The second-order valence-electron chi connectivity index (χ2n) is 4.84. The number of ether oxygens (including phenoxy) is 2. The van der Waals surface area contributed by atoms with Crippen LogP contribution in [-0.2, 0) is 16.2 Å². The first-order valence-electron chi connectivity index (χ1n) is 7.04. The van der Waals surface area contributed by atoms with E-state index in [0.29, 0.717) is 24.2 Å². The van der Waals surface area contributed by atoms with Crippen molar-refractivity contribution < 1.29 is 29.3 Å². The summed E-state index contributed by atoms with van der Waals surface area (Å²) in [7, 11) is 1.48. The molecule has 0 saturated heterocycles. The molecule has 0 aliphatic rings. The van der Waals surface area contributed by atoms with Gasteiger partial charge in [0, 0.05) is 11.6 Å². The minimum Gasteiger partial charge on any atom is -0.507 e. The molecule has 0 aliphatic heterocycles. The third-order valence-electron chi connectivity index (χ3n) is 3.18. The summed E-state index contributed by atoms with van der Waals surface area (Å²) < 4.78 is 10.9. The topological polar surface area (TPSA) is 93.1 Å². The average molecular weight is 328 g/mol. The first-order valence-corrected chi connectivity index (χ1v) is 7.04. The molecule has 0 spiro atoms. The van der Waals surface area contributed by atoms with E-state index in [0.717, 1.165) is 5.56 Å². The molecule has 0 aromatic heterocycles. The second kappa shape index (κ2) is 7.82. The van der Waals surface area contributed by atoms with Gasteiger partial charge in [-0.05, 0) is 23.8 Å². The molecule has 0 bridgehead atoms. The van der Waals surface area contributed by atoms with Crippen LogP contribution in [0.2, 0.25) is 0 Å². The molecule has 2 N–H and O–H groups in total. The van der Waals surface area contributed by atoms with Crippen molar-refractivity contribution in [1.29, 1.82) is 0 Å². The Balaban J connectivity index is 2.24. The van der Waals surface area contributed by atoms with Crippen LogP contribution in [0.1, 0.15) is 11.1 Å². The molecule has 6 nitrogen and oxygen atoms in total. The van der Waals surface area contributed by atoms with Crippen molar-refractivity contribution in [3.8, 4) is 11.5 Å². The molecule has 6 heteroatoms. The quantitative estimate of drug-likeness (QED) is 0.461. The molecule has 0 amide bonds. The van der Waals surface area contributed by atoms with E-state index >= 15 is 0 Å². The van der Waals surface area contributed by atoms with E-state index in [1.165, 1.54) is 19.2 Å².